The Labute approximate surface area is 120 Å². The number of amides is 1. The SMILES string of the molecule is Cn1cccc(C(=O)NC[C@@](C)(O)c2cccs2)c1=O. The van der Waals surface area contributed by atoms with Crippen molar-refractivity contribution in [2.75, 3.05) is 6.54 Å². The molecule has 2 N–H and O–H groups in total. The molecule has 0 aromatic carbocycles. The van der Waals surface area contributed by atoms with Crippen molar-refractivity contribution in [3.8, 4) is 0 Å². The van der Waals surface area contributed by atoms with Crippen molar-refractivity contribution in [2.45, 2.75) is 12.5 Å². The highest BCUT2D eigenvalue weighted by atomic mass is 32.1. The smallest absolute Gasteiger partial charge is 0.263 e. The summed E-state index contributed by atoms with van der Waals surface area (Å²) in [7, 11) is 1.58. The van der Waals surface area contributed by atoms with Crippen molar-refractivity contribution in [1.82, 2.24) is 9.88 Å². The number of hydrogen-bond donors (Lipinski definition) is 2. The maximum Gasteiger partial charge on any atom is 0.263 e. The quantitative estimate of drug-likeness (QED) is 0.886. The summed E-state index contributed by atoms with van der Waals surface area (Å²) in [6, 6.07) is 6.74. The molecule has 0 bridgehead atoms. The minimum absolute atomic E-state index is 0.0460. The van der Waals surface area contributed by atoms with Crippen molar-refractivity contribution in [3.63, 3.8) is 0 Å². The van der Waals surface area contributed by atoms with E-state index in [2.05, 4.69) is 5.32 Å². The lowest BCUT2D eigenvalue weighted by Crippen LogP contribution is -2.40. The molecule has 2 aromatic rings. The monoisotopic (exact) mass is 292 g/mol. The number of aromatic nitrogens is 1. The molecular weight excluding hydrogens is 276 g/mol. The summed E-state index contributed by atoms with van der Waals surface area (Å²) in [5.41, 5.74) is -1.44. The Morgan fingerprint density at radius 3 is 2.85 bits per heavy atom. The van der Waals surface area contributed by atoms with E-state index in [-0.39, 0.29) is 17.7 Å². The lowest BCUT2D eigenvalue weighted by molar-refractivity contribution is 0.0556. The van der Waals surface area contributed by atoms with Gasteiger partial charge >= 0.3 is 0 Å². The molecule has 2 rings (SSSR count). The number of nitrogens with zero attached hydrogens (tertiary/aromatic N) is 1. The van der Waals surface area contributed by atoms with Crippen LogP contribution in [0.25, 0.3) is 0 Å². The van der Waals surface area contributed by atoms with Gasteiger partial charge < -0.3 is 15.0 Å². The van der Waals surface area contributed by atoms with Gasteiger partial charge in [0, 0.05) is 18.1 Å². The molecule has 0 fully saturated rings. The Balaban J connectivity index is 2.10. The van der Waals surface area contributed by atoms with Crippen molar-refractivity contribution < 1.29 is 9.90 Å². The van der Waals surface area contributed by atoms with Gasteiger partial charge in [0.25, 0.3) is 11.5 Å². The number of carbonyl (C=O) groups excluding carboxylic acids is 1. The zero-order valence-electron chi connectivity index (χ0n) is 11.3. The third-order valence-electron chi connectivity index (χ3n) is 3.01. The summed E-state index contributed by atoms with van der Waals surface area (Å²) in [6.07, 6.45) is 1.58. The first-order chi connectivity index (χ1) is 9.42. The van der Waals surface area contributed by atoms with Gasteiger partial charge in [0.1, 0.15) is 11.2 Å². The van der Waals surface area contributed by atoms with Crippen LogP contribution in [-0.2, 0) is 12.6 Å². The van der Waals surface area contributed by atoms with Crippen LogP contribution in [0.3, 0.4) is 0 Å². The first kappa shape index (κ1) is 14.5. The highest BCUT2D eigenvalue weighted by Crippen LogP contribution is 2.24. The normalized spacial score (nSPS) is 13.8. The molecule has 106 valence electrons. The fourth-order valence-corrected chi connectivity index (χ4v) is 2.58. The van der Waals surface area contributed by atoms with E-state index in [1.54, 1.807) is 32.3 Å². The Bertz CT molecular complexity index is 659. The van der Waals surface area contributed by atoms with Gasteiger partial charge in [-0.1, -0.05) is 6.07 Å². The number of aliphatic hydroxyl groups is 1. The molecule has 0 saturated carbocycles. The van der Waals surface area contributed by atoms with Crippen molar-refractivity contribution >= 4 is 17.2 Å². The topological polar surface area (TPSA) is 71.3 Å². The van der Waals surface area contributed by atoms with Gasteiger partial charge in [-0.25, -0.2) is 0 Å². The summed E-state index contributed by atoms with van der Waals surface area (Å²) in [6.45, 7) is 1.67. The van der Waals surface area contributed by atoms with E-state index in [4.69, 9.17) is 0 Å². The summed E-state index contributed by atoms with van der Waals surface area (Å²) >= 11 is 1.42. The molecule has 5 nitrogen and oxygen atoms in total. The van der Waals surface area contributed by atoms with Gasteiger partial charge in [0.15, 0.2) is 0 Å². The predicted molar refractivity (Wildman–Crippen MR) is 77.9 cm³/mol. The number of hydrogen-bond acceptors (Lipinski definition) is 4. The highest BCUT2D eigenvalue weighted by molar-refractivity contribution is 7.10. The van der Waals surface area contributed by atoms with Crippen molar-refractivity contribution in [3.05, 3.63) is 56.6 Å². The third kappa shape index (κ3) is 2.97. The van der Waals surface area contributed by atoms with Crippen LogP contribution in [0.1, 0.15) is 22.2 Å². The zero-order valence-corrected chi connectivity index (χ0v) is 12.1. The molecule has 0 aliphatic heterocycles. The number of rotatable bonds is 4. The summed E-state index contributed by atoms with van der Waals surface area (Å²) in [4.78, 5) is 24.6. The van der Waals surface area contributed by atoms with E-state index in [9.17, 15) is 14.7 Å². The van der Waals surface area contributed by atoms with Crippen molar-refractivity contribution in [2.24, 2.45) is 7.05 Å². The number of carbonyl (C=O) groups is 1. The molecule has 1 amide bonds. The Hall–Kier alpha value is -1.92. The van der Waals surface area contributed by atoms with Crippen LogP contribution in [0.5, 0.6) is 0 Å². The summed E-state index contributed by atoms with van der Waals surface area (Å²) in [5.74, 6) is -0.483. The summed E-state index contributed by atoms with van der Waals surface area (Å²) < 4.78 is 1.34. The molecule has 0 unspecified atom stereocenters. The van der Waals surface area contributed by atoms with E-state index in [0.717, 1.165) is 4.88 Å². The molecule has 0 spiro atoms. The molecule has 2 aromatic heterocycles. The number of nitrogens with one attached hydrogen (secondary N) is 1. The van der Waals surface area contributed by atoms with Gasteiger partial charge in [-0.05, 0) is 30.5 Å². The molecule has 2 heterocycles. The second kappa shape index (κ2) is 5.60. The first-order valence-corrected chi connectivity index (χ1v) is 7.00. The predicted octanol–water partition coefficient (Wildman–Crippen LogP) is 1.08. The van der Waals surface area contributed by atoms with Gasteiger partial charge in [0.05, 0.1) is 6.54 Å². The van der Waals surface area contributed by atoms with Crippen LogP contribution < -0.4 is 10.9 Å². The molecular formula is C14H16N2O3S. The van der Waals surface area contributed by atoms with Crippen LogP contribution in [0.15, 0.2) is 40.6 Å². The van der Waals surface area contributed by atoms with Crippen LogP contribution in [0.2, 0.25) is 0 Å². The number of thiophene rings is 1. The number of pyridine rings is 1. The molecule has 20 heavy (non-hydrogen) atoms. The fraction of sp³-hybridized carbons (Fsp3) is 0.286. The Kier molecular flexibility index (Phi) is 4.06. The maximum absolute atomic E-state index is 12.0. The fourth-order valence-electron chi connectivity index (χ4n) is 1.79. The van der Waals surface area contributed by atoms with Gasteiger partial charge in [-0.3, -0.25) is 9.59 Å². The largest absolute Gasteiger partial charge is 0.383 e. The standard InChI is InChI=1S/C14H16N2O3S/c1-14(19,11-6-4-8-20-11)9-15-12(17)10-5-3-7-16(2)13(10)18/h3-8,19H,9H2,1-2H3,(H,15,17)/t14-/m1/s1. The van der Waals surface area contributed by atoms with Crippen molar-refractivity contribution in [1.29, 1.82) is 0 Å². The molecule has 6 heteroatoms. The van der Waals surface area contributed by atoms with Gasteiger partial charge in [0.2, 0.25) is 0 Å². The van der Waals surface area contributed by atoms with Crippen LogP contribution in [0.4, 0.5) is 0 Å². The van der Waals surface area contributed by atoms with E-state index in [0.29, 0.717) is 0 Å². The zero-order chi connectivity index (χ0) is 14.8. The lowest BCUT2D eigenvalue weighted by atomic mass is 10.1. The summed E-state index contributed by atoms with van der Waals surface area (Å²) in [5, 5.41) is 14.8. The molecule has 0 aliphatic carbocycles. The second-order valence-electron chi connectivity index (χ2n) is 4.77. The van der Waals surface area contributed by atoms with Gasteiger partial charge in [-0.15, -0.1) is 11.3 Å². The van der Waals surface area contributed by atoms with E-state index < -0.39 is 11.5 Å². The first-order valence-electron chi connectivity index (χ1n) is 6.12. The molecule has 0 radical (unpaired) electrons. The molecule has 1 atom stereocenters. The van der Waals surface area contributed by atoms with Crippen LogP contribution in [-0.4, -0.2) is 22.1 Å². The Morgan fingerprint density at radius 2 is 2.20 bits per heavy atom. The van der Waals surface area contributed by atoms with Gasteiger partial charge in [-0.2, -0.15) is 0 Å². The number of aryl methyl sites for hydroxylation is 1. The highest BCUT2D eigenvalue weighted by Gasteiger charge is 2.25. The molecule has 0 aliphatic rings. The lowest BCUT2D eigenvalue weighted by Gasteiger charge is -2.22. The van der Waals surface area contributed by atoms with E-state index in [1.165, 1.54) is 22.0 Å². The maximum atomic E-state index is 12.0. The van der Waals surface area contributed by atoms with Crippen LogP contribution >= 0.6 is 11.3 Å². The second-order valence-corrected chi connectivity index (χ2v) is 5.72. The van der Waals surface area contributed by atoms with E-state index >= 15 is 0 Å². The Morgan fingerprint density at radius 1 is 1.45 bits per heavy atom. The van der Waals surface area contributed by atoms with Crippen LogP contribution in [0, 0.1) is 0 Å². The average molecular weight is 292 g/mol. The minimum atomic E-state index is -1.15. The minimum Gasteiger partial charge on any atom is -0.383 e. The average Bonchev–Trinajstić information content (AvgIpc) is 2.94. The molecule has 0 saturated heterocycles. The van der Waals surface area contributed by atoms with E-state index in [1.807, 2.05) is 11.4 Å². The third-order valence-corrected chi connectivity index (χ3v) is 4.14.